The molecule has 1 amide bonds. The lowest BCUT2D eigenvalue weighted by molar-refractivity contribution is -0.132. The molecule has 2 heterocycles. The van der Waals surface area contributed by atoms with Gasteiger partial charge in [-0.15, -0.1) is 0 Å². The first kappa shape index (κ1) is 33.4. The average molecular weight is 616 g/mol. The summed E-state index contributed by atoms with van der Waals surface area (Å²) in [5.41, 5.74) is 8.73. The van der Waals surface area contributed by atoms with E-state index in [2.05, 4.69) is 31.8 Å². The molecule has 1 aliphatic rings. The van der Waals surface area contributed by atoms with Gasteiger partial charge in [0.25, 0.3) is 0 Å². The van der Waals surface area contributed by atoms with Crippen LogP contribution in [-0.4, -0.2) is 31.9 Å². The lowest BCUT2D eigenvalue weighted by atomic mass is 9.74. The standard InChI is InChI=1S/C36H47N5O2.H2S/c1-36(2,3)19-21-41(25-33-38-20-22-40(33)4)34(42)18-16-30(26-11-7-5-8-12-26)31-24-27-23-29(15-17-32(27)39-35(31)37)43-28-13-9-6-10-14-28;/h6,9-10,13-15,17,20,22-24,26,30H,5,7-8,11-12,16,18-19,21,25H2,1-4H3,(H2,37,39);1H2/t30-;/m0./s1. The highest BCUT2D eigenvalue weighted by Crippen LogP contribution is 2.42. The van der Waals surface area contributed by atoms with Crippen molar-refractivity contribution in [1.82, 2.24) is 19.4 Å². The summed E-state index contributed by atoms with van der Waals surface area (Å²) < 4.78 is 8.12. The van der Waals surface area contributed by atoms with E-state index in [1.54, 1.807) is 6.20 Å². The molecule has 2 N–H and O–H groups in total. The average Bonchev–Trinajstić information content (AvgIpc) is 3.40. The first-order valence-corrected chi connectivity index (χ1v) is 15.8. The van der Waals surface area contributed by atoms with E-state index in [1.807, 2.05) is 71.2 Å². The molecule has 0 unspecified atom stereocenters. The first-order chi connectivity index (χ1) is 20.7. The predicted octanol–water partition coefficient (Wildman–Crippen LogP) is 8.36. The maximum Gasteiger partial charge on any atom is 0.222 e. The molecule has 0 aliphatic heterocycles. The van der Waals surface area contributed by atoms with Gasteiger partial charge in [-0.05, 0) is 84.9 Å². The van der Waals surface area contributed by atoms with Crippen LogP contribution in [0.25, 0.3) is 10.9 Å². The number of nitrogen functional groups attached to an aromatic ring is 1. The third-order valence-electron chi connectivity index (χ3n) is 8.85. The fourth-order valence-corrected chi connectivity index (χ4v) is 6.27. The van der Waals surface area contributed by atoms with Crippen molar-refractivity contribution in [2.45, 2.75) is 84.6 Å². The monoisotopic (exact) mass is 615 g/mol. The van der Waals surface area contributed by atoms with E-state index in [1.165, 1.54) is 19.3 Å². The smallest absolute Gasteiger partial charge is 0.222 e. The van der Waals surface area contributed by atoms with Crippen LogP contribution in [0.5, 0.6) is 11.5 Å². The van der Waals surface area contributed by atoms with E-state index < -0.39 is 0 Å². The Hall–Kier alpha value is -3.52. The number of ether oxygens (including phenoxy) is 1. The van der Waals surface area contributed by atoms with E-state index in [0.717, 1.165) is 59.5 Å². The Morgan fingerprint density at radius 3 is 2.50 bits per heavy atom. The maximum atomic E-state index is 13.9. The van der Waals surface area contributed by atoms with E-state index in [0.29, 0.717) is 31.2 Å². The molecule has 0 bridgehead atoms. The summed E-state index contributed by atoms with van der Waals surface area (Å²) in [5.74, 6) is 3.89. The van der Waals surface area contributed by atoms with Gasteiger partial charge in [-0.25, -0.2) is 9.97 Å². The van der Waals surface area contributed by atoms with Gasteiger partial charge >= 0.3 is 0 Å². The van der Waals surface area contributed by atoms with Crippen LogP contribution >= 0.6 is 13.5 Å². The normalized spacial score (nSPS) is 14.6. The first-order valence-electron chi connectivity index (χ1n) is 15.8. The number of carbonyl (C=O) groups is 1. The van der Waals surface area contributed by atoms with Gasteiger partial charge in [0.1, 0.15) is 23.1 Å². The summed E-state index contributed by atoms with van der Waals surface area (Å²) in [6.07, 6.45) is 12.0. The summed E-state index contributed by atoms with van der Waals surface area (Å²) in [4.78, 5) is 25.2. The molecular weight excluding hydrogens is 566 g/mol. The molecule has 1 saturated carbocycles. The van der Waals surface area contributed by atoms with Gasteiger partial charge in [-0.1, -0.05) is 58.2 Å². The molecule has 4 aromatic rings. The van der Waals surface area contributed by atoms with Crippen molar-refractivity contribution in [3.8, 4) is 11.5 Å². The van der Waals surface area contributed by atoms with E-state index in [9.17, 15) is 4.79 Å². The molecule has 7 nitrogen and oxygen atoms in total. The number of anilines is 1. The van der Waals surface area contributed by atoms with E-state index in [4.69, 9.17) is 15.5 Å². The minimum absolute atomic E-state index is 0. The molecule has 1 atom stereocenters. The van der Waals surface area contributed by atoms with Gasteiger partial charge in [0.15, 0.2) is 0 Å². The number of nitrogens with two attached hydrogens (primary N) is 1. The SMILES string of the molecule is Cn1ccnc1CN(CCC(C)(C)C)C(=O)CC[C@H](c1cc2cc(Oc3ccccc3)ccc2nc1N)C1CCCCC1.S. The van der Waals surface area contributed by atoms with Gasteiger partial charge < -0.3 is 19.9 Å². The number of hydrogen-bond acceptors (Lipinski definition) is 5. The minimum atomic E-state index is 0. The van der Waals surface area contributed by atoms with Crippen molar-refractivity contribution in [1.29, 1.82) is 0 Å². The molecule has 5 rings (SSSR count). The van der Waals surface area contributed by atoms with Crippen LogP contribution in [-0.2, 0) is 18.4 Å². The molecule has 0 saturated heterocycles. The highest BCUT2D eigenvalue weighted by atomic mass is 32.1. The summed E-state index contributed by atoms with van der Waals surface area (Å²) in [5, 5.41) is 1.01. The third-order valence-corrected chi connectivity index (χ3v) is 8.85. The Labute approximate surface area is 269 Å². The summed E-state index contributed by atoms with van der Waals surface area (Å²) >= 11 is 0. The van der Waals surface area contributed by atoms with Crippen LogP contribution < -0.4 is 10.5 Å². The predicted molar refractivity (Wildman–Crippen MR) is 184 cm³/mol. The third kappa shape index (κ3) is 8.78. The number of para-hydroxylation sites is 1. The van der Waals surface area contributed by atoms with Crippen LogP contribution in [0.2, 0.25) is 0 Å². The number of nitrogens with zero attached hydrogens (tertiary/aromatic N) is 4. The van der Waals surface area contributed by atoms with Crippen molar-refractivity contribution in [3.05, 3.63) is 78.4 Å². The number of imidazole rings is 1. The molecule has 1 aliphatic carbocycles. The molecular formula is C36H49N5O2S. The molecule has 8 heteroatoms. The molecule has 0 spiro atoms. The van der Waals surface area contributed by atoms with Gasteiger partial charge in [-0.2, -0.15) is 13.5 Å². The summed E-state index contributed by atoms with van der Waals surface area (Å²) in [7, 11) is 1.99. The van der Waals surface area contributed by atoms with E-state index >= 15 is 0 Å². The molecule has 0 radical (unpaired) electrons. The number of benzene rings is 2. The zero-order valence-electron chi connectivity index (χ0n) is 26.8. The fraction of sp³-hybridized carbons (Fsp3) is 0.472. The lowest BCUT2D eigenvalue weighted by Gasteiger charge is -2.32. The van der Waals surface area contributed by atoms with Crippen LogP contribution in [0.15, 0.2) is 67.0 Å². The number of aromatic nitrogens is 3. The van der Waals surface area contributed by atoms with Crippen molar-refractivity contribution >= 4 is 36.1 Å². The van der Waals surface area contributed by atoms with Gasteiger partial charge in [-0.3, -0.25) is 4.79 Å². The number of aryl methyl sites for hydroxylation is 1. The van der Waals surface area contributed by atoms with Gasteiger partial charge in [0.2, 0.25) is 5.91 Å². The highest BCUT2D eigenvalue weighted by molar-refractivity contribution is 7.59. The molecule has 44 heavy (non-hydrogen) atoms. The quantitative estimate of drug-likeness (QED) is 0.183. The molecule has 236 valence electrons. The summed E-state index contributed by atoms with van der Waals surface area (Å²) in [6, 6.07) is 18.0. The van der Waals surface area contributed by atoms with Crippen LogP contribution in [0.1, 0.15) is 89.4 Å². The minimum Gasteiger partial charge on any atom is -0.457 e. The zero-order chi connectivity index (χ0) is 30.4. The Bertz CT molecular complexity index is 1510. The summed E-state index contributed by atoms with van der Waals surface area (Å²) in [6.45, 7) is 7.91. The van der Waals surface area contributed by atoms with Crippen LogP contribution in [0.4, 0.5) is 5.82 Å². The molecule has 1 fully saturated rings. The van der Waals surface area contributed by atoms with E-state index in [-0.39, 0.29) is 30.7 Å². The van der Waals surface area contributed by atoms with Crippen molar-refractivity contribution < 1.29 is 9.53 Å². The zero-order valence-corrected chi connectivity index (χ0v) is 27.8. The lowest BCUT2D eigenvalue weighted by Crippen LogP contribution is -2.34. The second-order valence-electron chi connectivity index (χ2n) is 13.4. The van der Waals surface area contributed by atoms with Gasteiger partial charge in [0.05, 0.1) is 12.1 Å². The number of rotatable bonds is 11. The number of hydrogen-bond donors (Lipinski definition) is 1. The number of amides is 1. The Morgan fingerprint density at radius 1 is 1.07 bits per heavy atom. The Balaban J connectivity index is 0.00000442. The van der Waals surface area contributed by atoms with Crippen LogP contribution in [0, 0.1) is 11.3 Å². The maximum absolute atomic E-state index is 13.9. The largest absolute Gasteiger partial charge is 0.457 e. The molecule has 2 aromatic carbocycles. The number of fused-ring (bicyclic) bond motifs is 1. The second-order valence-corrected chi connectivity index (χ2v) is 13.4. The second kappa shape index (κ2) is 15.0. The topological polar surface area (TPSA) is 86.3 Å². The number of carbonyl (C=O) groups excluding carboxylic acids is 1. The molecule has 2 aromatic heterocycles. The van der Waals surface area contributed by atoms with Crippen molar-refractivity contribution in [2.24, 2.45) is 18.4 Å². The Kier molecular flexibility index (Phi) is 11.4. The van der Waals surface area contributed by atoms with Crippen molar-refractivity contribution in [2.75, 3.05) is 12.3 Å². The highest BCUT2D eigenvalue weighted by Gasteiger charge is 2.29. The fourth-order valence-electron chi connectivity index (χ4n) is 6.27. The number of pyridine rings is 1. The Morgan fingerprint density at radius 2 is 1.82 bits per heavy atom. The van der Waals surface area contributed by atoms with Crippen molar-refractivity contribution in [3.63, 3.8) is 0 Å². The van der Waals surface area contributed by atoms with Crippen LogP contribution in [0.3, 0.4) is 0 Å². The van der Waals surface area contributed by atoms with Gasteiger partial charge in [0, 0.05) is 37.8 Å².